The van der Waals surface area contributed by atoms with Gasteiger partial charge in [0.1, 0.15) is 6.04 Å². The fourth-order valence-corrected chi connectivity index (χ4v) is 5.16. The van der Waals surface area contributed by atoms with Crippen molar-refractivity contribution in [3.05, 3.63) is 64.1 Å². The van der Waals surface area contributed by atoms with Gasteiger partial charge in [0, 0.05) is 33.1 Å². The number of rotatable bonds is 13. The third kappa shape index (κ3) is 8.20. The number of nitrogens with one attached hydrogen (secondary N) is 1. The van der Waals surface area contributed by atoms with Crippen LogP contribution in [0.2, 0.25) is 10.0 Å². The van der Waals surface area contributed by atoms with E-state index in [0.29, 0.717) is 29.4 Å². The van der Waals surface area contributed by atoms with Crippen LogP contribution in [-0.4, -0.2) is 55.6 Å². The molecule has 0 spiro atoms. The van der Waals surface area contributed by atoms with Gasteiger partial charge in [0.05, 0.1) is 14.9 Å². The van der Waals surface area contributed by atoms with E-state index in [0.717, 1.165) is 12.0 Å². The molecule has 0 fully saturated rings. The normalized spacial score (nSPS) is 12.4. The number of hydrogen-bond acceptors (Lipinski definition) is 4. The van der Waals surface area contributed by atoms with Crippen molar-refractivity contribution in [3.63, 3.8) is 0 Å². The lowest BCUT2D eigenvalue weighted by Gasteiger charge is -2.31. The van der Waals surface area contributed by atoms with Gasteiger partial charge in [-0.05, 0) is 49.1 Å². The van der Waals surface area contributed by atoms with Crippen LogP contribution in [0.25, 0.3) is 0 Å². The standard InChI is InChI=1S/C25H33Cl2N3O4S/c1-4-15-28-25(32)23(5-2)30(18-19-13-14-21(26)22(27)17-19)24(31)12-9-16-29(3)35(33,34)20-10-7-6-8-11-20/h6-8,10-11,13-14,17,23H,4-5,9,12,15-16,18H2,1-3H3,(H,28,32)/t23-/m1/s1. The van der Waals surface area contributed by atoms with Gasteiger partial charge in [-0.3, -0.25) is 9.59 Å². The average Bonchev–Trinajstić information content (AvgIpc) is 2.85. The van der Waals surface area contributed by atoms with E-state index >= 15 is 0 Å². The molecule has 7 nitrogen and oxygen atoms in total. The van der Waals surface area contributed by atoms with Gasteiger partial charge < -0.3 is 10.2 Å². The molecule has 2 rings (SSSR count). The van der Waals surface area contributed by atoms with E-state index in [9.17, 15) is 18.0 Å². The summed E-state index contributed by atoms with van der Waals surface area (Å²) in [7, 11) is -2.15. The van der Waals surface area contributed by atoms with E-state index in [4.69, 9.17) is 23.2 Å². The maximum Gasteiger partial charge on any atom is 0.242 e. The number of amides is 2. The number of nitrogens with zero attached hydrogens (tertiary/aromatic N) is 2. The van der Waals surface area contributed by atoms with Crippen molar-refractivity contribution >= 4 is 45.0 Å². The molecule has 0 unspecified atom stereocenters. The molecule has 0 saturated carbocycles. The van der Waals surface area contributed by atoms with Gasteiger partial charge >= 0.3 is 0 Å². The second-order valence-corrected chi connectivity index (χ2v) is 11.1. The fourth-order valence-electron chi connectivity index (χ4n) is 3.61. The lowest BCUT2D eigenvalue weighted by atomic mass is 10.1. The quantitative estimate of drug-likeness (QED) is 0.397. The zero-order valence-corrected chi connectivity index (χ0v) is 22.7. The van der Waals surface area contributed by atoms with Crippen LogP contribution >= 0.6 is 23.2 Å². The summed E-state index contributed by atoms with van der Waals surface area (Å²) < 4.78 is 26.7. The third-order valence-corrected chi connectivity index (χ3v) is 8.20. The number of carbonyl (C=O) groups excluding carboxylic acids is 2. The summed E-state index contributed by atoms with van der Waals surface area (Å²) in [5, 5.41) is 3.64. The molecule has 1 atom stereocenters. The molecule has 0 radical (unpaired) electrons. The van der Waals surface area contributed by atoms with Gasteiger partial charge in [-0.2, -0.15) is 0 Å². The van der Waals surface area contributed by atoms with Gasteiger partial charge in [0.15, 0.2) is 0 Å². The Morgan fingerprint density at radius 2 is 1.71 bits per heavy atom. The minimum absolute atomic E-state index is 0.0908. The Kier molecular flexibility index (Phi) is 11.5. The monoisotopic (exact) mass is 541 g/mol. The molecule has 0 saturated heterocycles. The summed E-state index contributed by atoms with van der Waals surface area (Å²) >= 11 is 12.2. The van der Waals surface area contributed by atoms with Crippen molar-refractivity contribution < 1.29 is 18.0 Å². The number of carbonyl (C=O) groups is 2. The molecule has 2 aromatic rings. The van der Waals surface area contributed by atoms with Crippen LogP contribution in [0.5, 0.6) is 0 Å². The van der Waals surface area contributed by atoms with Crippen LogP contribution in [0.3, 0.4) is 0 Å². The molecule has 0 heterocycles. The van der Waals surface area contributed by atoms with Gasteiger partial charge in [0.2, 0.25) is 21.8 Å². The molecule has 10 heteroatoms. The highest BCUT2D eigenvalue weighted by atomic mass is 35.5. The lowest BCUT2D eigenvalue weighted by molar-refractivity contribution is -0.141. The first-order valence-electron chi connectivity index (χ1n) is 11.6. The first-order valence-corrected chi connectivity index (χ1v) is 13.8. The number of benzene rings is 2. The van der Waals surface area contributed by atoms with Crippen molar-refractivity contribution in [2.75, 3.05) is 20.1 Å². The molecule has 0 aliphatic carbocycles. The van der Waals surface area contributed by atoms with Crippen molar-refractivity contribution in [1.29, 1.82) is 0 Å². The van der Waals surface area contributed by atoms with Crippen LogP contribution in [-0.2, 0) is 26.2 Å². The summed E-state index contributed by atoms with van der Waals surface area (Å²) in [5.41, 5.74) is 0.748. The molecule has 0 bridgehead atoms. The van der Waals surface area contributed by atoms with Crippen molar-refractivity contribution in [1.82, 2.24) is 14.5 Å². The Morgan fingerprint density at radius 3 is 2.31 bits per heavy atom. The predicted octanol–water partition coefficient (Wildman–Crippen LogP) is 4.73. The minimum Gasteiger partial charge on any atom is -0.354 e. The van der Waals surface area contributed by atoms with Gasteiger partial charge in [-0.1, -0.05) is 61.3 Å². The molecular formula is C25H33Cl2N3O4S. The Bertz CT molecular complexity index is 1100. The first kappa shape index (κ1) is 29.1. The molecule has 2 aromatic carbocycles. The summed E-state index contributed by atoms with van der Waals surface area (Å²) in [6.07, 6.45) is 1.62. The van der Waals surface area contributed by atoms with E-state index < -0.39 is 16.1 Å². The van der Waals surface area contributed by atoms with Gasteiger partial charge in [-0.15, -0.1) is 0 Å². The van der Waals surface area contributed by atoms with Crippen LogP contribution in [0.1, 0.15) is 45.1 Å². The lowest BCUT2D eigenvalue weighted by Crippen LogP contribution is -2.49. The Morgan fingerprint density at radius 1 is 1.03 bits per heavy atom. The second-order valence-electron chi connectivity index (χ2n) is 8.23. The SMILES string of the molecule is CCCNC(=O)[C@@H](CC)N(Cc1ccc(Cl)c(Cl)c1)C(=O)CCCN(C)S(=O)(=O)c1ccccc1. The number of sulfonamides is 1. The number of hydrogen-bond donors (Lipinski definition) is 1. The smallest absolute Gasteiger partial charge is 0.242 e. The van der Waals surface area contributed by atoms with E-state index in [2.05, 4.69) is 5.32 Å². The molecular weight excluding hydrogens is 509 g/mol. The Hall–Kier alpha value is -2.13. The number of halogens is 2. The molecule has 192 valence electrons. The van der Waals surface area contributed by atoms with Gasteiger partial charge in [-0.25, -0.2) is 12.7 Å². The largest absolute Gasteiger partial charge is 0.354 e. The van der Waals surface area contributed by atoms with E-state index in [-0.39, 0.29) is 36.2 Å². The van der Waals surface area contributed by atoms with Crippen molar-refractivity contribution in [2.24, 2.45) is 0 Å². The summed E-state index contributed by atoms with van der Waals surface area (Å²) in [4.78, 5) is 27.9. The second kappa shape index (κ2) is 13.8. The summed E-state index contributed by atoms with van der Waals surface area (Å²) in [5.74, 6) is -0.452. The molecule has 0 aromatic heterocycles. The highest BCUT2D eigenvalue weighted by Gasteiger charge is 2.29. The Labute approximate surface area is 218 Å². The topological polar surface area (TPSA) is 86.8 Å². The van der Waals surface area contributed by atoms with Crippen LogP contribution in [0.15, 0.2) is 53.4 Å². The van der Waals surface area contributed by atoms with Crippen molar-refractivity contribution in [2.45, 2.75) is 57.0 Å². The fraction of sp³-hybridized carbons (Fsp3) is 0.440. The average molecular weight is 543 g/mol. The minimum atomic E-state index is -3.64. The molecule has 0 aliphatic heterocycles. The zero-order valence-electron chi connectivity index (χ0n) is 20.3. The van der Waals surface area contributed by atoms with Crippen LogP contribution in [0.4, 0.5) is 0 Å². The third-order valence-electron chi connectivity index (χ3n) is 5.59. The predicted molar refractivity (Wildman–Crippen MR) is 140 cm³/mol. The highest BCUT2D eigenvalue weighted by Crippen LogP contribution is 2.24. The molecule has 2 amide bonds. The van der Waals surface area contributed by atoms with Crippen LogP contribution in [0, 0.1) is 0 Å². The molecule has 0 aliphatic rings. The summed E-state index contributed by atoms with van der Waals surface area (Å²) in [6.45, 7) is 4.69. The maximum absolute atomic E-state index is 13.3. The van der Waals surface area contributed by atoms with Crippen molar-refractivity contribution in [3.8, 4) is 0 Å². The highest BCUT2D eigenvalue weighted by molar-refractivity contribution is 7.89. The van der Waals surface area contributed by atoms with E-state index in [1.54, 1.807) is 36.4 Å². The first-order chi connectivity index (χ1) is 16.6. The Balaban J connectivity index is 2.14. The van der Waals surface area contributed by atoms with Gasteiger partial charge in [0.25, 0.3) is 0 Å². The van der Waals surface area contributed by atoms with Crippen LogP contribution < -0.4 is 5.32 Å². The zero-order chi connectivity index (χ0) is 26.0. The maximum atomic E-state index is 13.3. The molecule has 35 heavy (non-hydrogen) atoms. The van der Waals surface area contributed by atoms with E-state index in [1.807, 2.05) is 13.8 Å². The summed E-state index contributed by atoms with van der Waals surface area (Å²) in [6, 6.07) is 12.6. The van der Waals surface area contributed by atoms with E-state index in [1.165, 1.54) is 28.4 Å². The molecule has 1 N–H and O–H groups in total.